The van der Waals surface area contributed by atoms with Crippen LogP contribution >= 0.6 is 16.4 Å². The summed E-state index contributed by atoms with van der Waals surface area (Å²) in [5, 5.41) is 1.45. The molecule has 0 aromatic carbocycles. The Balaban J connectivity index is 3.05. The van der Waals surface area contributed by atoms with Crippen LogP contribution in [-0.4, -0.2) is 0 Å². The van der Waals surface area contributed by atoms with E-state index in [4.69, 9.17) is 0 Å². The van der Waals surface area contributed by atoms with Crippen LogP contribution < -0.4 is 0 Å². The van der Waals surface area contributed by atoms with E-state index in [-0.39, 0.29) is 0 Å². The quantitative estimate of drug-likeness (QED) is 0.487. The van der Waals surface area contributed by atoms with Crippen molar-refractivity contribution in [3.8, 4) is 0 Å². The smallest absolute Gasteiger partial charge is 0.0339 e. The lowest BCUT2D eigenvalue weighted by Gasteiger charge is -1.65. The molecule has 0 nitrogen and oxygen atoms in total. The minimum absolute atomic E-state index is 0.865. The number of rotatable bonds is 0. The first-order valence-electron chi connectivity index (χ1n) is 1.77. The highest BCUT2D eigenvalue weighted by Crippen LogP contribution is 2.19. The molecule has 1 unspecified atom stereocenters. The van der Waals surface area contributed by atoms with Gasteiger partial charge >= 0.3 is 0 Å². The van der Waals surface area contributed by atoms with Crippen molar-refractivity contribution in [1.29, 1.82) is 0 Å². The Morgan fingerprint density at radius 3 is 3.00 bits per heavy atom. The van der Waals surface area contributed by atoms with Crippen molar-refractivity contribution in [1.82, 2.24) is 0 Å². The van der Waals surface area contributed by atoms with Gasteiger partial charge in [0.25, 0.3) is 0 Å². The minimum Gasteiger partial charge on any atom is -0.125 e. The highest BCUT2D eigenvalue weighted by atomic mass is 31.1. The Morgan fingerprint density at radius 1 is 2.00 bits per heavy atom. The van der Waals surface area contributed by atoms with Gasteiger partial charge in [-0.15, -0.1) is 8.19 Å². The molecular weight excluding hydrogens is 110 g/mol. The molecule has 2 heteroatoms. The zero-order valence-electron chi connectivity index (χ0n) is 3.52. The van der Waals surface area contributed by atoms with Gasteiger partial charge in [0.2, 0.25) is 0 Å². The molecule has 0 aliphatic carbocycles. The van der Waals surface area contributed by atoms with Gasteiger partial charge in [0.1, 0.15) is 0 Å². The van der Waals surface area contributed by atoms with E-state index in [9.17, 15) is 0 Å². The highest BCUT2D eigenvalue weighted by Gasteiger charge is 1.75. The molecule has 0 aliphatic rings. The van der Waals surface area contributed by atoms with Crippen LogP contribution in [0.4, 0.5) is 0 Å². The third kappa shape index (κ3) is 0.834. The largest absolute Gasteiger partial charge is 0.125 e. The predicted octanol–water partition coefficient (Wildman–Crippen LogP) is 2.41. The maximum absolute atomic E-state index is 3.18. The highest BCUT2D eigenvalue weighted by molar-refractivity contribution is 7.45. The summed E-state index contributed by atoms with van der Waals surface area (Å²) in [6, 6.07) is 0. The minimum atomic E-state index is 0.865. The topological polar surface area (TPSA) is 0 Å². The summed E-state index contributed by atoms with van der Waals surface area (Å²) in [5.74, 6) is 2.22. The van der Waals surface area contributed by atoms with Crippen LogP contribution in [0.3, 0.4) is 0 Å². The molecule has 0 N–H and O–H groups in total. The Labute approximate surface area is 40.8 Å². The van der Waals surface area contributed by atoms with Gasteiger partial charge < -0.3 is 0 Å². The fraction of sp³-hybridized carbons (Fsp3) is 0.250. The third-order valence-corrected chi connectivity index (χ3v) is 2.84. The zero-order chi connectivity index (χ0) is 4.41. The van der Waals surface area contributed by atoms with E-state index in [2.05, 4.69) is 18.3 Å². The van der Waals surface area contributed by atoms with Crippen LogP contribution in [0.5, 0.6) is 0 Å². The van der Waals surface area contributed by atoms with Crippen LogP contribution in [0.1, 0.15) is 5.30 Å². The SMILES string of the molecule is Cc1c[pH][c]p1. The van der Waals surface area contributed by atoms with Crippen molar-refractivity contribution in [3.05, 3.63) is 16.6 Å². The molecular formula is C4H5P2. The van der Waals surface area contributed by atoms with E-state index in [0.717, 1.165) is 8.19 Å². The maximum Gasteiger partial charge on any atom is 0.0339 e. The molecule has 1 aromatic heterocycles. The summed E-state index contributed by atoms with van der Waals surface area (Å²) in [5.41, 5.74) is 3.18. The fourth-order valence-corrected chi connectivity index (χ4v) is 2.17. The van der Waals surface area contributed by atoms with E-state index in [0.29, 0.717) is 0 Å². The lowest BCUT2D eigenvalue weighted by molar-refractivity contribution is 1.68. The van der Waals surface area contributed by atoms with Gasteiger partial charge in [0.15, 0.2) is 0 Å². The summed E-state index contributed by atoms with van der Waals surface area (Å²) >= 11 is 0. The average Bonchev–Trinajstić information content (AvgIpc) is 1.86. The molecule has 1 heterocycles. The van der Waals surface area contributed by atoms with E-state index in [1.807, 2.05) is 0 Å². The number of aryl methyl sites for hydroxylation is 1. The first-order valence-corrected chi connectivity index (χ1v) is 3.75. The number of hydrogen-bond acceptors (Lipinski definition) is 0. The molecule has 0 bridgehead atoms. The molecule has 6 heavy (non-hydrogen) atoms. The van der Waals surface area contributed by atoms with Gasteiger partial charge in [-0.3, -0.25) is 0 Å². The second kappa shape index (κ2) is 1.78. The van der Waals surface area contributed by atoms with Crippen LogP contribution in [-0.2, 0) is 0 Å². The van der Waals surface area contributed by atoms with Crippen LogP contribution in [0.15, 0.2) is 5.80 Å². The predicted molar refractivity (Wildman–Crippen MR) is 32.0 cm³/mol. The summed E-state index contributed by atoms with van der Waals surface area (Å²) in [6.45, 7) is 2.13. The first-order chi connectivity index (χ1) is 2.89. The monoisotopic (exact) mass is 115 g/mol. The second-order valence-electron chi connectivity index (χ2n) is 1.15. The Morgan fingerprint density at radius 2 is 2.83 bits per heavy atom. The van der Waals surface area contributed by atoms with Crippen molar-refractivity contribution in [2.75, 3.05) is 0 Å². The molecule has 1 aromatic rings. The molecule has 0 aliphatic heterocycles. The molecule has 31 valence electrons. The Hall–Kier alpha value is 0.210. The van der Waals surface area contributed by atoms with Crippen molar-refractivity contribution in [3.63, 3.8) is 0 Å². The first kappa shape index (κ1) is 4.37. The average molecular weight is 115 g/mol. The van der Waals surface area contributed by atoms with Gasteiger partial charge in [0, 0.05) is 5.53 Å². The van der Waals surface area contributed by atoms with Gasteiger partial charge in [-0.2, -0.15) is 0 Å². The van der Waals surface area contributed by atoms with Gasteiger partial charge in [-0.25, -0.2) is 0 Å². The fourth-order valence-electron chi connectivity index (χ4n) is 0.289. The summed E-state index contributed by atoms with van der Waals surface area (Å²) in [4.78, 5) is 0. The summed E-state index contributed by atoms with van der Waals surface area (Å²) in [7, 11) is 2.18. The second-order valence-corrected chi connectivity index (χ2v) is 3.55. The van der Waals surface area contributed by atoms with Crippen LogP contribution in [0.25, 0.3) is 0 Å². The molecule has 1 radical (unpaired) electrons. The van der Waals surface area contributed by atoms with E-state index in [1.54, 1.807) is 0 Å². The summed E-state index contributed by atoms with van der Waals surface area (Å²) < 4.78 is 0. The standard InChI is InChI=1S/C4H5P2/c1-4-2-5-3-6-4/h2,5H,1H3. The normalized spacial score (nSPS) is 11.5. The van der Waals surface area contributed by atoms with E-state index in [1.165, 1.54) is 13.5 Å². The Bertz CT molecular complexity index is 109. The number of hydrogen-bond donors (Lipinski definition) is 0. The van der Waals surface area contributed by atoms with E-state index < -0.39 is 0 Å². The van der Waals surface area contributed by atoms with Crippen LogP contribution in [0, 0.1) is 12.5 Å². The van der Waals surface area contributed by atoms with Crippen molar-refractivity contribution in [2.45, 2.75) is 6.92 Å². The van der Waals surface area contributed by atoms with Gasteiger partial charge in [-0.05, 0) is 18.0 Å². The third-order valence-electron chi connectivity index (χ3n) is 0.578. The maximum atomic E-state index is 3.18. The molecule has 0 spiro atoms. The molecule has 0 saturated carbocycles. The van der Waals surface area contributed by atoms with Crippen molar-refractivity contribution in [2.24, 2.45) is 0 Å². The molecule has 1 rings (SSSR count). The molecule has 1 atom stereocenters. The van der Waals surface area contributed by atoms with Crippen LogP contribution in [0.2, 0.25) is 0 Å². The lowest BCUT2D eigenvalue weighted by Crippen LogP contribution is -1.39. The molecule has 0 amide bonds. The van der Waals surface area contributed by atoms with Crippen molar-refractivity contribution < 1.29 is 0 Å². The summed E-state index contributed by atoms with van der Waals surface area (Å²) in [6.07, 6.45) is 0. The lowest BCUT2D eigenvalue weighted by atomic mass is 10.7. The molecule has 0 saturated heterocycles. The van der Waals surface area contributed by atoms with E-state index >= 15 is 0 Å². The van der Waals surface area contributed by atoms with Gasteiger partial charge in [0.05, 0.1) is 0 Å². The molecule has 0 fully saturated rings. The van der Waals surface area contributed by atoms with Crippen molar-refractivity contribution >= 4 is 16.4 Å². The zero-order valence-corrected chi connectivity index (χ0v) is 5.42. The Kier molecular flexibility index (Phi) is 1.29. The van der Waals surface area contributed by atoms with Gasteiger partial charge in [-0.1, -0.05) is 8.19 Å².